The Morgan fingerprint density at radius 2 is 2.08 bits per heavy atom. The Labute approximate surface area is 77.0 Å². The van der Waals surface area contributed by atoms with E-state index in [1.54, 1.807) is 0 Å². The van der Waals surface area contributed by atoms with Crippen LogP contribution >= 0.6 is 11.6 Å². The highest BCUT2D eigenvalue weighted by Gasteiger charge is 2.33. The SMILES string of the molecule is OCc1cc(Cl)c(C(F)(F)F)cn1. The van der Waals surface area contributed by atoms with Crippen LogP contribution in [0.3, 0.4) is 0 Å². The highest BCUT2D eigenvalue weighted by atomic mass is 35.5. The van der Waals surface area contributed by atoms with Crippen LogP contribution < -0.4 is 0 Å². The number of aliphatic hydroxyl groups excluding tert-OH is 1. The molecule has 1 rings (SSSR count). The number of rotatable bonds is 1. The van der Waals surface area contributed by atoms with Crippen molar-refractivity contribution in [1.29, 1.82) is 0 Å². The Bertz CT molecular complexity index is 313. The van der Waals surface area contributed by atoms with E-state index >= 15 is 0 Å². The number of nitrogens with zero attached hydrogens (tertiary/aromatic N) is 1. The summed E-state index contributed by atoms with van der Waals surface area (Å²) in [4.78, 5) is 3.37. The minimum Gasteiger partial charge on any atom is -0.390 e. The van der Waals surface area contributed by atoms with Gasteiger partial charge in [0.2, 0.25) is 0 Å². The molecule has 1 heterocycles. The number of hydrogen-bond donors (Lipinski definition) is 1. The fraction of sp³-hybridized carbons (Fsp3) is 0.286. The summed E-state index contributed by atoms with van der Waals surface area (Å²) in [6.07, 6.45) is -3.90. The van der Waals surface area contributed by atoms with Gasteiger partial charge in [0.25, 0.3) is 0 Å². The van der Waals surface area contributed by atoms with Crippen LogP contribution in [0.25, 0.3) is 0 Å². The van der Waals surface area contributed by atoms with Crippen molar-refractivity contribution in [2.75, 3.05) is 0 Å². The van der Waals surface area contributed by atoms with Crippen LogP contribution in [-0.2, 0) is 12.8 Å². The first kappa shape index (κ1) is 10.3. The zero-order chi connectivity index (χ0) is 10.1. The molecule has 1 N–H and O–H groups in total. The monoisotopic (exact) mass is 211 g/mol. The van der Waals surface area contributed by atoms with Crippen LogP contribution in [0.5, 0.6) is 0 Å². The summed E-state index contributed by atoms with van der Waals surface area (Å²) in [7, 11) is 0. The summed E-state index contributed by atoms with van der Waals surface area (Å²) in [6, 6.07) is 0.990. The predicted octanol–water partition coefficient (Wildman–Crippen LogP) is 2.25. The van der Waals surface area contributed by atoms with Gasteiger partial charge in [0.15, 0.2) is 0 Å². The van der Waals surface area contributed by atoms with E-state index in [1.165, 1.54) is 0 Å². The van der Waals surface area contributed by atoms with Crippen LogP contribution in [0.1, 0.15) is 11.3 Å². The highest BCUT2D eigenvalue weighted by Crippen LogP contribution is 2.34. The molecule has 0 bridgehead atoms. The molecule has 2 nitrogen and oxygen atoms in total. The molecule has 0 amide bonds. The van der Waals surface area contributed by atoms with E-state index in [-0.39, 0.29) is 5.69 Å². The third kappa shape index (κ3) is 2.32. The molecule has 1 aromatic heterocycles. The van der Waals surface area contributed by atoms with Crippen LogP contribution in [0.2, 0.25) is 5.02 Å². The molecule has 0 radical (unpaired) electrons. The Morgan fingerprint density at radius 1 is 1.46 bits per heavy atom. The third-order valence-corrected chi connectivity index (χ3v) is 1.69. The van der Waals surface area contributed by atoms with Gasteiger partial charge in [0, 0.05) is 6.20 Å². The van der Waals surface area contributed by atoms with Gasteiger partial charge >= 0.3 is 6.18 Å². The second kappa shape index (κ2) is 3.51. The van der Waals surface area contributed by atoms with Crippen molar-refractivity contribution in [3.63, 3.8) is 0 Å². The smallest absolute Gasteiger partial charge is 0.390 e. The molecule has 0 aliphatic rings. The summed E-state index contributed by atoms with van der Waals surface area (Å²) in [5.41, 5.74) is -0.885. The van der Waals surface area contributed by atoms with Gasteiger partial charge in [0.1, 0.15) is 0 Å². The third-order valence-electron chi connectivity index (χ3n) is 1.38. The molecule has 0 saturated carbocycles. The molecule has 13 heavy (non-hydrogen) atoms. The quantitative estimate of drug-likeness (QED) is 0.773. The van der Waals surface area contributed by atoms with Crippen LogP contribution in [0, 0.1) is 0 Å². The molecule has 1 aromatic rings. The molecule has 0 atom stereocenters. The normalized spacial score (nSPS) is 11.8. The maximum atomic E-state index is 12.1. The second-order valence-corrected chi connectivity index (χ2v) is 2.72. The van der Waals surface area contributed by atoms with Crippen LogP contribution in [0.4, 0.5) is 13.2 Å². The minimum atomic E-state index is -4.50. The standard InChI is InChI=1S/C7H5ClF3NO/c8-6-1-4(3-13)12-2-5(6)7(9,10)11/h1-2,13H,3H2. The molecule has 72 valence electrons. The van der Waals surface area contributed by atoms with Gasteiger partial charge in [-0.1, -0.05) is 11.6 Å². The Hall–Kier alpha value is -0.810. The average Bonchev–Trinajstić information content (AvgIpc) is 2.01. The van der Waals surface area contributed by atoms with Crippen molar-refractivity contribution in [1.82, 2.24) is 4.98 Å². The van der Waals surface area contributed by atoms with Gasteiger partial charge in [-0.2, -0.15) is 13.2 Å². The fourth-order valence-corrected chi connectivity index (χ4v) is 1.05. The minimum absolute atomic E-state index is 0.109. The molecular weight excluding hydrogens is 207 g/mol. The van der Waals surface area contributed by atoms with Crippen molar-refractivity contribution in [3.05, 3.63) is 28.5 Å². The van der Waals surface area contributed by atoms with E-state index in [0.717, 1.165) is 6.07 Å². The molecule has 0 aliphatic heterocycles. The van der Waals surface area contributed by atoms with E-state index in [2.05, 4.69) is 4.98 Å². The maximum absolute atomic E-state index is 12.1. The summed E-state index contributed by atoms with van der Waals surface area (Å²) in [5, 5.41) is 8.10. The summed E-state index contributed by atoms with van der Waals surface area (Å²) in [5.74, 6) is 0. The molecule has 0 unspecified atom stereocenters. The first-order valence-electron chi connectivity index (χ1n) is 3.27. The Kier molecular flexibility index (Phi) is 2.77. The predicted molar refractivity (Wildman–Crippen MR) is 40.2 cm³/mol. The van der Waals surface area contributed by atoms with Crippen LogP contribution in [-0.4, -0.2) is 10.1 Å². The molecule has 0 fully saturated rings. The Morgan fingerprint density at radius 3 is 2.46 bits per heavy atom. The second-order valence-electron chi connectivity index (χ2n) is 2.31. The molecule has 0 aliphatic carbocycles. The molecule has 0 spiro atoms. The van der Waals surface area contributed by atoms with Gasteiger partial charge in [-0.3, -0.25) is 4.98 Å². The first-order chi connectivity index (χ1) is 5.95. The molecule has 6 heteroatoms. The summed E-state index contributed by atoms with van der Waals surface area (Å²) in [6.45, 7) is -0.433. The van der Waals surface area contributed by atoms with E-state index in [9.17, 15) is 13.2 Å². The number of halogens is 4. The molecular formula is C7H5ClF3NO. The van der Waals surface area contributed by atoms with Crippen molar-refractivity contribution >= 4 is 11.6 Å². The summed E-state index contributed by atoms with van der Waals surface area (Å²) < 4.78 is 36.3. The van der Waals surface area contributed by atoms with E-state index in [0.29, 0.717) is 6.20 Å². The van der Waals surface area contributed by atoms with Gasteiger partial charge in [0.05, 0.1) is 22.9 Å². The van der Waals surface area contributed by atoms with Gasteiger partial charge < -0.3 is 5.11 Å². The highest BCUT2D eigenvalue weighted by molar-refractivity contribution is 6.31. The van der Waals surface area contributed by atoms with E-state index < -0.39 is 23.4 Å². The van der Waals surface area contributed by atoms with E-state index in [1.807, 2.05) is 0 Å². The number of hydrogen-bond acceptors (Lipinski definition) is 2. The fourth-order valence-electron chi connectivity index (χ4n) is 0.765. The van der Waals surface area contributed by atoms with Gasteiger partial charge in [-0.15, -0.1) is 0 Å². The maximum Gasteiger partial charge on any atom is 0.419 e. The van der Waals surface area contributed by atoms with Gasteiger partial charge in [-0.05, 0) is 6.07 Å². The van der Waals surface area contributed by atoms with Crippen molar-refractivity contribution < 1.29 is 18.3 Å². The number of aromatic nitrogens is 1. The topological polar surface area (TPSA) is 33.1 Å². The molecule has 0 saturated heterocycles. The first-order valence-corrected chi connectivity index (χ1v) is 3.65. The largest absolute Gasteiger partial charge is 0.419 e. The van der Waals surface area contributed by atoms with Crippen molar-refractivity contribution in [3.8, 4) is 0 Å². The zero-order valence-corrected chi connectivity index (χ0v) is 7.02. The zero-order valence-electron chi connectivity index (χ0n) is 6.27. The lowest BCUT2D eigenvalue weighted by Crippen LogP contribution is -2.07. The molecule has 0 aromatic carbocycles. The summed E-state index contributed by atoms with van der Waals surface area (Å²) >= 11 is 5.32. The van der Waals surface area contributed by atoms with Crippen LogP contribution in [0.15, 0.2) is 12.3 Å². The van der Waals surface area contributed by atoms with Gasteiger partial charge in [-0.25, -0.2) is 0 Å². The number of pyridine rings is 1. The lowest BCUT2D eigenvalue weighted by Gasteiger charge is -2.08. The van der Waals surface area contributed by atoms with Crippen molar-refractivity contribution in [2.24, 2.45) is 0 Å². The number of aliphatic hydroxyl groups is 1. The van der Waals surface area contributed by atoms with E-state index in [4.69, 9.17) is 16.7 Å². The average molecular weight is 212 g/mol. The Balaban J connectivity index is 3.13. The van der Waals surface area contributed by atoms with Crippen molar-refractivity contribution in [2.45, 2.75) is 12.8 Å². The lowest BCUT2D eigenvalue weighted by atomic mass is 10.2. The lowest BCUT2D eigenvalue weighted by molar-refractivity contribution is -0.137. The number of alkyl halides is 3.